The van der Waals surface area contributed by atoms with Crippen LogP contribution in [0.2, 0.25) is 0 Å². The van der Waals surface area contributed by atoms with Gasteiger partial charge in [0.05, 0.1) is 29.0 Å². The fourth-order valence-corrected chi connectivity index (χ4v) is 4.07. The van der Waals surface area contributed by atoms with Gasteiger partial charge in [-0.25, -0.2) is 14.8 Å². The molecule has 3 N–H and O–H groups in total. The Labute approximate surface area is 190 Å². The molecule has 2 aliphatic rings. The molecule has 0 aliphatic carbocycles. The third-order valence-corrected chi connectivity index (χ3v) is 5.59. The number of carbonyl (C=O) groups excluding carboxylic acids is 1. The predicted molar refractivity (Wildman–Crippen MR) is 126 cm³/mol. The lowest BCUT2D eigenvalue weighted by Crippen LogP contribution is -2.45. The van der Waals surface area contributed by atoms with Gasteiger partial charge in [0.1, 0.15) is 5.82 Å². The number of hydrogen-bond donors (Lipinski definition) is 3. The normalized spacial score (nSPS) is 19.7. The van der Waals surface area contributed by atoms with E-state index in [1.54, 1.807) is 0 Å². The maximum atomic E-state index is 11.9. The third kappa shape index (κ3) is 4.84. The topological polar surface area (TPSA) is 91.4 Å². The first-order valence-electron chi connectivity index (χ1n) is 10.3. The first-order valence-corrected chi connectivity index (χ1v) is 11.5. The number of nitrogens with zero attached hydrogens (tertiary/aromatic N) is 3. The summed E-state index contributed by atoms with van der Waals surface area (Å²) < 4.78 is 5.68. The third-order valence-electron chi connectivity index (χ3n) is 5.28. The molecule has 8 nitrogen and oxygen atoms in total. The standard InChI is InChI=1S/C21H27IN6O2/c1-13-12-30-10-9-28(13)20-17-11-23-8-7-18(17)26-19(27-20)15-3-5-16(6-4-15)25-21(29)24-14(2)22/h3-6,13-14,23H,7-12H2,1-2H3,(H2,24,25,29). The Kier molecular flexibility index (Phi) is 6.69. The Morgan fingerprint density at radius 1 is 1.33 bits per heavy atom. The Hall–Kier alpha value is -1.98. The van der Waals surface area contributed by atoms with E-state index in [4.69, 9.17) is 14.7 Å². The van der Waals surface area contributed by atoms with Crippen LogP contribution in [0, 0.1) is 0 Å². The number of morpholine rings is 1. The van der Waals surface area contributed by atoms with Crippen LogP contribution in [0.15, 0.2) is 24.3 Å². The van der Waals surface area contributed by atoms with Crippen LogP contribution in [0.25, 0.3) is 11.4 Å². The second-order valence-electron chi connectivity index (χ2n) is 7.63. The number of amides is 2. The van der Waals surface area contributed by atoms with Crippen LogP contribution in [0.1, 0.15) is 25.1 Å². The zero-order chi connectivity index (χ0) is 21.1. The van der Waals surface area contributed by atoms with Crippen molar-refractivity contribution in [1.82, 2.24) is 20.6 Å². The molecule has 2 aromatic rings. The second kappa shape index (κ2) is 9.44. The van der Waals surface area contributed by atoms with Crippen molar-refractivity contribution in [3.05, 3.63) is 35.5 Å². The van der Waals surface area contributed by atoms with Crippen molar-refractivity contribution < 1.29 is 9.53 Å². The maximum absolute atomic E-state index is 11.9. The number of urea groups is 1. The minimum absolute atomic E-state index is 0.0567. The van der Waals surface area contributed by atoms with Crippen molar-refractivity contribution in [3.8, 4) is 11.4 Å². The van der Waals surface area contributed by atoms with Crippen molar-refractivity contribution in [2.45, 2.75) is 36.9 Å². The van der Waals surface area contributed by atoms with E-state index in [-0.39, 0.29) is 16.1 Å². The number of nitrogens with one attached hydrogen (secondary N) is 3. The number of anilines is 2. The molecular formula is C21H27IN6O2. The molecule has 2 amide bonds. The van der Waals surface area contributed by atoms with E-state index < -0.39 is 0 Å². The summed E-state index contributed by atoms with van der Waals surface area (Å²) in [7, 11) is 0. The molecule has 1 fully saturated rings. The minimum Gasteiger partial charge on any atom is -0.377 e. The van der Waals surface area contributed by atoms with Crippen molar-refractivity contribution in [3.63, 3.8) is 0 Å². The molecule has 0 saturated carbocycles. The van der Waals surface area contributed by atoms with E-state index in [0.29, 0.717) is 13.2 Å². The zero-order valence-corrected chi connectivity index (χ0v) is 19.4. The zero-order valence-electron chi connectivity index (χ0n) is 17.2. The summed E-state index contributed by atoms with van der Waals surface area (Å²) >= 11 is 2.15. The van der Waals surface area contributed by atoms with Gasteiger partial charge < -0.3 is 25.6 Å². The summed E-state index contributed by atoms with van der Waals surface area (Å²) in [5.41, 5.74) is 3.98. The fraction of sp³-hybridized carbons (Fsp3) is 0.476. The van der Waals surface area contributed by atoms with Gasteiger partial charge >= 0.3 is 6.03 Å². The first-order chi connectivity index (χ1) is 14.5. The minimum atomic E-state index is -0.217. The molecule has 0 spiro atoms. The summed E-state index contributed by atoms with van der Waals surface area (Å²) in [5, 5.41) is 9.10. The van der Waals surface area contributed by atoms with E-state index in [9.17, 15) is 4.79 Å². The molecule has 1 saturated heterocycles. The highest BCUT2D eigenvalue weighted by atomic mass is 127. The Morgan fingerprint density at radius 3 is 2.87 bits per heavy atom. The molecule has 3 heterocycles. The summed E-state index contributed by atoms with van der Waals surface area (Å²) in [6.45, 7) is 8.06. The highest BCUT2D eigenvalue weighted by molar-refractivity contribution is 14.1. The molecule has 160 valence electrons. The van der Waals surface area contributed by atoms with Crippen LogP contribution in [0.4, 0.5) is 16.3 Å². The van der Waals surface area contributed by atoms with Crippen molar-refractivity contribution in [2.75, 3.05) is 36.5 Å². The number of benzene rings is 1. The molecule has 2 aliphatic heterocycles. The lowest BCUT2D eigenvalue weighted by Gasteiger charge is -2.36. The van der Waals surface area contributed by atoms with Crippen LogP contribution in [-0.4, -0.2) is 52.4 Å². The lowest BCUT2D eigenvalue weighted by atomic mass is 10.1. The number of hydrogen-bond acceptors (Lipinski definition) is 6. The van der Waals surface area contributed by atoms with Gasteiger partial charge in [-0.3, -0.25) is 0 Å². The van der Waals surface area contributed by atoms with E-state index in [1.165, 1.54) is 5.56 Å². The summed E-state index contributed by atoms with van der Waals surface area (Å²) in [6, 6.07) is 7.74. The second-order valence-corrected chi connectivity index (χ2v) is 9.50. The number of halogens is 1. The quantitative estimate of drug-likeness (QED) is 0.325. The Morgan fingerprint density at radius 2 is 2.13 bits per heavy atom. The molecule has 2 unspecified atom stereocenters. The maximum Gasteiger partial charge on any atom is 0.320 e. The van der Waals surface area contributed by atoms with Crippen LogP contribution < -0.4 is 20.9 Å². The largest absolute Gasteiger partial charge is 0.377 e. The average Bonchev–Trinajstić information content (AvgIpc) is 2.73. The van der Waals surface area contributed by atoms with Crippen LogP contribution in [-0.2, 0) is 17.7 Å². The number of carbonyl (C=O) groups is 1. The smallest absolute Gasteiger partial charge is 0.320 e. The van der Waals surface area contributed by atoms with Crippen molar-refractivity contribution >= 4 is 40.1 Å². The lowest BCUT2D eigenvalue weighted by molar-refractivity contribution is 0.0984. The van der Waals surface area contributed by atoms with E-state index in [2.05, 4.69) is 50.4 Å². The number of aromatic nitrogens is 2. The average molecular weight is 522 g/mol. The summed E-state index contributed by atoms with van der Waals surface area (Å²) in [6.07, 6.45) is 0.894. The molecule has 0 bridgehead atoms. The molecule has 9 heteroatoms. The first kappa shape index (κ1) is 21.3. The Bertz CT molecular complexity index is 905. The molecule has 2 atom stereocenters. The highest BCUT2D eigenvalue weighted by Crippen LogP contribution is 2.30. The summed E-state index contributed by atoms with van der Waals surface area (Å²) in [5.74, 6) is 1.73. The number of fused-ring (bicyclic) bond motifs is 1. The molecule has 1 aromatic heterocycles. The molecule has 1 aromatic carbocycles. The summed E-state index contributed by atoms with van der Waals surface area (Å²) in [4.78, 5) is 24.1. The SMILES string of the molecule is CC(I)NC(=O)Nc1ccc(-c2nc3c(c(N4CCOCC4C)n2)CNCC3)cc1. The van der Waals surface area contributed by atoms with Gasteiger partial charge in [0, 0.05) is 42.9 Å². The Balaban J connectivity index is 1.62. The van der Waals surface area contributed by atoms with Gasteiger partial charge in [0.2, 0.25) is 0 Å². The predicted octanol–water partition coefficient (Wildman–Crippen LogP) is 2.92. The monoisotopic (exact) mass is 522 g/mol. The van der Waals surface area contributed by atoms with Gasteiger partial charge in [0.25, 0.3) is 0 Å². The van der Waals surface area contributed by atoms with E-state index in [0.717, 1.165) is 54.6 Å². The van der Waals surface area contributed by atoms with E-state index >= 15 is 0 Å². The van der Waals surface area contributed by atoms with Crippen molar-refractivity contribution in [1.29, 1.82) is 0 Å². The van der Waals surface area contributed by atoms with E-state index in [1.807, 2.05) is 31.2 Å². The molecule has 30 heavy (non-hydrogen) atoms. The fourth-order valence-electron chi connectivity index (χ4n) is 3.78. The van der Waals surface area contributed by atoms with Crippen LogP contribution in [0.3, 0.4) is 0 Å². The van der Waals surface area contributed by atoms with Gasteiger partial charge in [-0.15, -0.1) is 0 Å². The van der Waals surface area contributed by atoms with Gasteiger partial charge in [-0.2, -0.15) is 0 Å². The highest BCUT2D eigenvalue weighted by Gasteiger charge is 2.27. The number of rotatable bonds is 4. The van der Waals surface area contributed by atoms with Gasteiger partial charge in [0.15, 0.2) is 5.82 Å². The molecule has 0 radical (unpaired) electrons. The van der Waals surface area contributed by atoms with Crippen molar-refractivity contribution in [2.24, 2.45) is 0 Å². The molecular weight excluding hydrogens is 495 g/mol. The molecule has 4 rings (SSSR count). The number of ether oxygens (including phenoxy) is 1. The number of alkyl halides is 1. The van der Waals surface area contributed by atoms with Crippen LogP contribution >= 0.6 is 22.6 Å². The van der Waals surface area contributed by atoms with Gasteiger partial charge in [-0.1, -0.05) is 22.6 Å². The van der Waals surface area contributed by atoms with Crippen LogP contribution in [0.5, 0.6) is 0 Å². The van der Waals surface area contributed by atoms with Gasteiger partial charge in [-0.05, 0) is 38.1 Å².